The molecule has 0 atom stereocenters. The molecule has 1 aliphatic rings. The summed E-state index contributed by atoms with van der Waals surface area (Å²) in [5.41, 5.74) is 1.91. The topological polar surface area (TPSA) is 96.2 Å². The van der Waals surface area contributed by atoms with E-state index in [0.717, 1.165) is 12.8 Å². The van der Waals surface area contributed by atoms with Crippen LogP contribution in [0.1, 0.15) is 12.8 Å². The van der Waals surface area contributed by atoms with Gasteiger partial charge in [0.15, 0.2) is 0 Å². The van der Waals surface area contributed by atoms with Crippen molar-refractivity contribution < 1.29 is 9.59 Å². The molecule has 0 radical (unpaired) electrons. The molecule has 0 heterocycles. The van der Waals surface area contributed by atoms with E-state index in [-0.39, 0.29) is 12.6 Å². The molecule has 0 aliphatic heterocycles. The van der Waals surface area contributed by atoms with E-state index < -0.39 is 5.91 Å². The summed E-state index contributed by atoms with van der Waals surface area (Å²) in [6, 6.07) is -0.0213. The minimum atomic E-state index is -0.416. The molecule has 1 fully saturated rings. The maximum absolute atomic E-state index is 10.9. The molecule has 1 saturated carbocycles. The fourth-order valence-electron chi connectivity index (χ4n) is 0.676. The van der Waals surface area contributed by atoms with E-state index in [2.05, 4.69) is 10.6 Å². The summed E-state index contributed by atoms with van der Waals surface area (Å²) >= 11 is 0. The molecule has 5 N–H and O–H groups in total. The molecule has 3 amide bonds. The quantitative estimate of drug-likeness (QED) is 0.235. The van der Waals surface area contributed by atoms with Crippen molar-refractivity contribution in [1.82, 2.24) is 16.1 Å². The number of hydrazine groups is 1. The summed E-state index contributed by atoms with van der Waals surface area (Å²) in [6.45, 7) is -0.0882. The zero-order chi connectivity index (χ0) is 8.97. The number of hydrogen-bond acceptors (Lipinski definition) is 3. The van der Waals surface area contributed by atoms with Crippen LogP contribution in [0.3, 0.4) is 0 Å². The van der Waals surface area contributed by atoms with Crippen molar-refractivity contribution in [3.63, 3.8) is 0 Å². The van der Waals surface area contributed by atoms with E-state index in [1.54, 1.807) is 0 Å². The Kier molecular flexibility index (Phi) is 2.87. The number of carbonyl (C=O) groups excluding carboxylic acids is 2. The van der Waals surface area contributed by atoms with Gasteiger partial charge in [-0.1, -0.05) is 0 Å². The summed E-state index contributed by atoms with van der Waals surface area (Å²) in [7, 11) is 0. The maximum Gasteiger partial charge on any atom is 0.315 e. The van der Waals surface area contributed by atoms with Gasteiger partial charge in [-0.05, 0) is 12.8 Å². The summed E-state index contributed by atoms with van der Waals surface area (Å²) < 4.78 is 0. The van der Waals surface area contributed by atoms with E-state index >= 15 is 0 Å². The van der Waals surface area contributed by atoms with Crippen LogP contribution in [0.5, 0.6) is 0 Å². The van der Waals surface area contributed by atoms with Crippen LogP contribution in [0.2, 0.25) is 0 Å². The lowest BCUT2D eigenvalue weighted by Crippen LogP contribution is -2.44. The van der Waals surface area contributed by atoms with Gasteiger partial charge in [-0.3, -0.25) is 10.2 Å². The molecular formula is C6H12N4O2. The van der Waals surface area contributed by atoms with Crippen LogP contribution in [0.15, 0.2) is 0 Å². The third-order valence-corrected chi connectivity index (χ3v) is 1.48. The van der Waals surface area contributed by atoms with Gasteiger partial charge in [0, 0.05) is 6.04 Å². The Labute approximate surface area is 69.8 Å². The van der Waals surface area contributed by atoms with Crippen molar-refractivity contribution >= 4 is 11.9 Å². The largest absolute Gasteiger partial charge is 0.335 e. The highest BCUT2D eigenvalue weighted by Gasteiger charge is 2.22. The van der Waals surface area contributed by atoms with Crippen LogP contribution in [-0.2, 0) is 4.79 Å². The average Bonchev–Trinajstić information content (AvgIpc) is 2.84. The number of nitrogens with two attached hydrogens (primary N) is 1. The zero-order valence-electron chi connectivity index (χ0n) is 6.59. The molecule has 1 rings (SSSR count). The smallest absolute Gasteiger partial charge is 0.315 e. The number of carbonyl (C=O) groups is 2. The van der Waals surface area contributed by atoms with Gasteiger partial charge in [0.2, 0.25) is 0 Å². The molecule has 6 nitrogen and oxygen atoms in total. The highest BCUT2D eigenvalue weighted by Crippen LogP contribution is 2.17. The molecule has 68 valence electrons. The summed E-state index contributed by atoms with van der Waals surface area (Å²) in [6.07, 6.45) is 2.05. The SMILES string of the molecule is NNC(=O)CNC(=O)NC1CC1. The van der Waals surface area contributed by atoms with Gasteiger partial charge < -0.3 is 10.6 Å². The second kappa shape index (κ2) is 3.91. The summed E-state index contributed by atoms with van der Waals surface area (Å²) in [4.78, 5) is 21.4. The number of urea groups is 1. The zero-order valence-corrected chi connectivity index (χ0v) is 6.59. The van der Waals surface area contributed by atoms with Gasteiger partial charge in [0.05, 0.1) is 6.54 Å². The Morgan fingerprint density at radius 2 is 2.08 bits per heavy atom. The van der Waals surface area contributed by atoms with Crippen molar-refractivity contribution in [2.75, 3.05) is 6.54 Å². The molecular weight excluding hydrogens is 160 g/mol. The second-order valence-corrected chi connectivity index (χ2v) is 2.67. The molecule has 12 heavy (non-hydrogen) atoms. The van der Waals surface area contributed by atoms with Crippen molar-refractivity contribution in [2.24, 2.45) is 5.84 Å². The molecule has 6 heteroatoms. The Bertz CT molecular complexity index is 190. The van der Waals surface area contributed by atoms with E-state index in [1.165, 1.54) is 0 Å². The standard InChI is InChI=1S/C6H12N4O2/c7-10-5(11)3-8-6(12)9-4-1-2-4/h4H,1-3,7H2,(H,10,11)(H2,8,9,12). The van der Waals surface area contributed by atoms with E-state index in [4.69, 9.17) is 5.84 Å². The first-order chi connectivity index (χ1) is 5.72. The van der Waals surface area contributed by atoms with Gasteiger partial charge in [-0.25, -0.2) is 10.6 Å². The van der Waals surface area contributed by atoms with Gasteiger partial charge >= 0.3 is 6.03 Å². The first kappa shape index (κ1) is 8.79. The predicted octanol–water partition coefficient (Wildman–Crippen LogP) is -1.56. The average molecular weight is 172 g/mol. The second-order valence-electron chi connectivity index (χ2n) is 2.67. The molecule has 0 aromatic carbocycles. The Hall–Kier alpha value is -1.30. The minimum absolute atomic E-state index is 0.0882. The van der Waals surface area contributed by atoms with Crippen molar-refractivity contribution in [3.8, 4) is 0 Å². The highest BCUT2D eigenvalue weighted by atomic mass is 16.2. The van der Waals surface area contributed by atoms with E-state index in [1.807, 2.05) is 5.43 Å². The Balaban J connectivity index is 2.04. The maximum atomic E-state index is 10.9. The lowest BCUT2D eigenvalue weighted by Gasteiger charge is -2.04. The van der Waals surface area contributed by atoms with E-state index in [9.17, 15) is 9.59 Å². The summed E-state index contributed by atoms with van der Waals surface area (Å²) in [5.74, 6) is 4.38. The summed E-state index contributed by atoms with van der Waals surface area (Å²) in [5, 5.41) is 5.03. The van der Waals surface area contributed by atoms with Gasteiger partial charge in [-0.15, -0.1) is 0 Å². The normalized spacial score (nSPS) is 15.1. The fourth-order valence-corrected chi connectivity index (χ4v) is 0.676. The van der Waals surface area contributed by atoms with Gasteiger partial charge in [-0.2, -0.15) is 0 Å². The molecule has 0 bridgehead atoms. The first-order valence-electron chi connectivity index (χ1n) is 3.76. The highest BCUT2D eigenvalue weighted by molar-refractivity contribution is 5.83. The Morgan fingerprint density at radius 3 is 2.58 bits per heavy atom. The number of nitrogens with one attached hydrogen (secondary N) is 3. The minimum Gasteiger partial charge on any atom is -0.335 e. The van der Waals surface area contributed by atoms with Crippen LogP contribution in [0.25, 0.3) is 0 Å². The third-order valence-electron chi connectivity index (χ3n) is 1.48. The molecule has 1 aliphatic carbocycles. The molecule has 0 aromatic rings. The van der Waals surface area contributed by atoms with Crippen molar-refractivity contribution in [2.45, 2.75) is 18.9 Å². The van der Waals surface area contributed by atoms with Crippen molar-refractivity contribution in [3.05, 3.63) is 0 Å². The third kappa shape index (κ3) is 3.20. The van der Waals surface area contributed by atoms with Crippen LogP contribution in [0, 0.1) is 0 Å². The predicted molar refractivity (Wildman–Crippen MR) is 41.9 cm³/mol. The number of hydrogen-bond donors (Lipinski definition) is 4. The van der Waals surface area contributed by atoms with Crippen molar-refractivity contribution in [1.29, 1.82) is 0 Å². The monoisotopic (exact) mass is 172 g/mol. The lowest BCUT2D eigenvalue weighted by molar-refractivity contribution is -0.120. The number of amides is 3. The first-order valence-corrected chi connectivity index (χ1v) is 3.76. The van der Waals surface area contributed by atoms with Gasteiger partial charge in [0.1, 0.15) is 0 Å². The van der Waals surface area contributed by atoms with E-state index in [0.29, 0.717) is 6.04 Å². The van der Waals surface area contributed by atoms with Crippen LogP contribution >= 0.6 is 0 Å². The lowest BCUT2D eigenvalue weighted by atomic mass is 10.6. The molecule has 0 aromatic heterocycles. The molecule has 0 unspecified atom stereocenters. The van der Waals surface area contributed by atoms with Crippen LogP contribution in [0.4, 0.5) is 4.79 Å². The number of rotatable bonds is 3. The molecule has 0 saturated heterocycles. The fraction of sp³-hybridized carbons (Fsp3) is 0.667. The van der Waals surface area contributed by atoms with Crippen LogP contribution < -0.4 is 21.9 Å². The van der Waals surface area contributed by atoms with Crippen LogP contribution in [-0.4, -0.2) is 24.5 Å². The Morgan fingerprint density at radius 1 is 1.42 bits per heavy atom. The van der Waals surface area contributed by atoms with Gasteiger partial charge in [0.25, 0.3) is 5.91 Å². The molecule has 0 spiro atoms.